The summed E-state index contributed by atoms with van der Waals surface area (Å²) < 4.78 is 6.45. The van der Waals surface area contributed by atoms with Crippen LogP contribution in [0.1, 0.15) is 41.2 Å². The number of aliphatic imine (C=N–C) groups is 1. The average Bonchev–Trinajstić information content (AvgIpc) is 3.29. The number of carbonyl (C=O) groups is 2. The SMILES string of the molecule is CCOC(=O)Cc1nc2ccccc2c(=O)n1C1N=C(c2ccccc2)c2cc(C)cc3c2N(CC3)C1=O. The van der Waals surface area contributed by atoms with Crippen molar-refractivity contribution in [2.45, 2.75) is 32.9 Å². The van der Waals surface area contributed by atoms with Crippen molar-refractivity contribution in [2.75, 3.05) is 18.1 Å². The topological polar surface area (TPSA) is 93.9 Å². The highest BCUT2D eigenvalue weighted by atomic mass is 16.5. The van der Waals surface area contributed by atoms with Crippen molar-refractivity contribution in [3.05, 3.63) is 105 Å². The fourth-order valence-corrected chi connectivity index (χ4v) is 5.40. The van der Waals surface area contributed by atoms with Crippen molar-refractivity contribution in [1.82, 2.24) is 9.55 Å². The number of nitrogens with zero attached hydrogens (tertiary/aromatic N) is 4. The van der Waals surface area contributed by atoms with Crippen LogP contribution >= 0.6 is 0 Å². The van der Waals surface area contributed by atoms with Gasteiger partial charge in [-0.1, -0.05) is 54.1 Å². The number of fused-ring (bicyclic) bond motifs is 1. The Morgan fingerprint density at radius 3 is 2.61 bits per heavy atom. The van der Waals surface area contributed by atoms with Gasteiger partial charge in [0.1, 0.15) is 12.2 Å². The van der Waals surface area contributed by atoms with E-state index >= 15 is 0 Å². The lowest BCUT2D eigenvalue weighted by Crippen LogP contribution is -2.40. The van der Waals surface area contributed by atoms with Crippen molar-refractivity contribution in [2.24, 2.45) is 4.99 Å². The van der Waals surface area contributed by atoms with Crippen LogP contribution in [0.25, 0.3) is 10.9 Å². The normalized spacial score (nSPS) is 16.3. The molecular formula is C30H26N4O4. The molecule has 38 heavy (non-hydrogen) atoms. The van der Waals surface area contributed by atoms with Gasteiger partial charge in [0.2, 0.25) is 6.17 Å². The molecule has 8 nitrogen and oxygen atoms in total. The maximum Gasteiger partial charge on any atom is 0.313 e. The molecule has 0 N–H and O–H groups in total. The lowest BCUT2D eigenvalue weighted by molar-refractivity contribution is -0.142. The standard InChI is InChI=1S/C30H26N4O4/c1-3-38-25(35)17-24-31-23-12-8-7-11-21(23)29(36)34(24)28-30(37)33-14-13-20-15-18(2)16-22(27(20)33)26(32-28)19-9-5-4-6-10-19/h4-12,15-16,28H,3,13-14,17H2,1-2H3. The van der Waals surface area contributed by atoms with Crippen molar-refractivity contribution in [1.29, 1.82) is 0 Å². The quantitative estimate of drug-likeness (QED) is 0.385. The fourth-order valence-electron chi connectivity index (χ4n) is 5.40. The summed E-state index contributed by atoms with van der Waals surface area (Å²) in [5.41, 5.74) is 5.31. The van der Waals surface area contributed by atoms with Gasteiger partial charge >= 0.3 is 5.97 Å². The van der Waals surface area contributed by atoms with Crippen LogP contribution in [0, 0.1) is 6.92 Å². The average molecular weight is 507 g/mol. The number of anilines is 1. The lowest BCUT2D eigenvalue weighted by atomic mass is 9.96. The monoisotopic (exact) mass is 506 g/mol. The maximum atomic E-state index is 14.2. The Balaban J connectivity index is 1.64. The molecule has 0 aliphatic carbocycles. The van der Waals surface area contributed by atoms with Crippen molar-refractivity contribution >= 4 is 34.2 Å². The number of aromatic nitrogens is 2. The number of hydrogen-bond donors (Lipinski definition) is 0. The van der Waals surface area contributed by atoms with E-state index in [2.05, 4.69) is 11.1 Å². The molecule has 1 aromatic heterocycles. The van der Waals surface area contributed by atoms with Crippen LogP contribution in [0.2, 0.25) is 0 Å². The molecule has 4 aromatic rings. The molecule has 0 saturated heterocycles. The number of amides is 1. The smallest absolute Gasteiger partial charge is 0.313 e. The molecule has 0 spiro atoms. The molecule has 8 heteroatoms. The summed E-state index contributed by atoms with van der Waals surface area (Å²) in [4.78, 5) is 52.1. The molecule has 0 fully saturated rings. The minimum Gasteiger partial charge on any atom is -0.466 e. The van der Waals surface area contributed by atoms with Crippen LogP contribution < -0.4 is 10.5 Å². The Morgan fingerprint density at radius 1 is 1.05 bits per heavy atom. The van der Waals surface area contributed by atoms with Crippen LogP contribution in [-0.4, -0.2) is 40.3 Å². The van der Waals surface area contributed by atoms with E-state index in [0.29, 0.717) is 29.6 Å². The second-order valence-electron chi connectivity index (χ2n) is 9.48. The number of hydrogen-bond acceptors (Lipinski definition) is 6. The molecule has 190 valence electrons. The van der Waals surface area contributed by atoms with Gasteiger partial charge in [0.15, 0.2) is 0 Å². The van der Waals surface area contributed by atoms with Gasteiger partial charge in [0.25, 0.3) is 11.5 Å². The zero-order chi connectivity index (χ0) is 26.4. The Kier molecular flexibility index (Phi) is 5.87. The van der Waals surface area contributed by atoms with E-state index in [9.17, 15) is 14.4 Å². The molecule has 6 rings (SSSR count). The minimum absolute atomic E-state index is 0.142. The minimum atomic E-state index is -1.24. The van der Waals surface area contributed by atoms with E-state index in [1.165, 1.54) is 4.57 Å². The third kappa shape index (κ3) is 3.89. The second kappa shape index (κ2) is 9.37. The third-order valence-electron chi connectivity index (χ3n) is 6.98. The second-order valence-corrected chi connectivity index (χ2v) is 9.48. The molecule has 0 saturated carbocycles. The zero-order valence-electron chi connectivity index (χ0n) is 21.2. The zero-order valence-corrected chi connectivity index (χ0v) is 21.2. The number of para-hydroxylation sites is 1. The summed E-state index contributed by atoms with van der Waals surface area (Å²) in [7, 11) is 0. The molecule has 3 heterocycles. The first-order valence-corrected chi connectivity index (χ1v) is 12.7. The van der Waals surface area contributed by atoms with Gasteiger partial charge in [0.05, 0.1) is 28.9 Å². The van der Waals surface area contributed by atoms with Crippen molar-refractivity contribution in [3.63, 3.8) is 0 Å². The first-order chi connectivity index (χ1) is 18.5. The molecule has 3 aromatic carbocycles. The Hall–Kier alpha value is -4.59. The lowest BCUT2D eigenvalue weighted by Gasteiger charge is -2.23. The van der Waals surface area contributed by atoms with E-state index < -0.39 is 17.7 Å². The summed E-state index contributed by atoms with van der Waals surface area (Å²) in [6, 6.07) is 20.7. The summed E-state index contributed by atoms with van der Waals surface area (Å²) in [6.45, 7) is 4.43. The van der Waals surface area contributed by atoms with Gasteiger partial charge in [-0.25, -0.2) is 9.98 Å². The molecule has 2 aliphatic heterocycles. The van der Waals surface area contributed by atoms with E-state index in [0.717, 1.165) is 27.9 Å². The van der Waals surface area contributed by atoms with Gasteiger partial charge in [-0.15, -0.1) is 0 Å². The third-order valence-corrected chi connectivity index (χ3v) is 6.98. The van der Waals surface area contributed by atoms with Crippen LogP contribution in [0.3, 0.4) is 0 Å². The van der Waals surface area contributed by atoms with Gasteiger partial charge in [0, 0.05) is 17.7 Å². The van der Waals surface area contributed by atoms with Crippen molar-refractivity contribution < 1.29 is 14.3 Å². The summed E-state index contributed by atoms with van der Waals surface area (Å²) >= 11 is 0. The number of carbonyl (C=O) groups excluding carboxylic acids is 2. The Morgan fingerprint density at radius 2 is 1.82 bits per heavy atom. The van der Waals surface area contributed by atoms with E-state index in [4.69, 9.17) is 9.73 Å². The number of ether oxygens (including phenoxy) is 1. The highest BCUT2D eigenvalue weighted by Crippen LogP contribution is 2.39. The van der Waals surface area contributed by atoms with Gasteiger partial charge in [-0.05, 0) is 44.0 Å². The largest absolute Gasteiger partial charge is 0.466 e. The molecule has 0 radical (unpaired) electrons. The van der Waals surface area contributed by atoms with E-state index in [-0.39, 0.29) is 24.8 Å². The Labute approximate surface area is 219 Å². The molecule has 1 amide bonds. The Bertz CT molecular complexity index is 1690. The van der Waals surface area contributed by atoms with Crippen LogP contribution in [0.5, 0.6) is 0 Å². The number of benzene rings is 3. The molecule has 2 aliphatic rings. The van der Waals surface area contributed by atoms with Gasteiger partial charge < -0.3 is 9.64 Å². The van der Waals surface area contributed by atoms with E-state index in [1.54, 1.807) is 36.1 Å². The number of esters is 1. The molecule has 1 atom stereocenters. The molecule has 1 unspecified atom stereocenters. The molecular weight excluding hydrogens is 480 g/mol. The first-order valence-electron chi connectivity index (χ1n) is 12.7. The maximum absolute atomic E-state index is 14.2. The summed E-state index contributed by atoms with van der Waals surface area (Å²) in [6.07, 6.45) is -0.783. The fraction of sp³-hybridized carbons (Fsp3) is 0.233. The predicted octanol–water partition coefficient (Wildman–Crippen LogP) is 3.75. The molecule has 0 bridgehead atoms. The van der Waals surface area contributed by atoms with Gasteiger partial charge in [-0.3, -0.25) is 19.0 Å². The highest BCUT2D eigenvalue weighted by Gasteiger charge is 2.39. The number of rotatable bonds is 5. The summed E-state index contributed by atoms with van der Waals surface area (Å²) in [5, 5.41) is 0.351. The predicted molar refractivity (Wildman–Crippen MR) is 145 cm³/mol. The van der Waals surface area contributed by atoms with Crippen molar-refractivity contribution in [3.8, 4) is 0 Å². The number of aryl methyl sites for hydroxylation is 1. The first kappa shape index (κ1) is 23.8. The van der Waals surface area contributed by atoms with Gasteiger partial charge in [-0.2, -0.15) is 0 Å². The van der Waals surface area contributed by atoms with Crippen LogP contribution in [0.4, 0.5) is 5.69 Å². The van der Waals surface area contributed by atoms with E-state index in [1.807, 2.05) is 43.3 Å². The highest BCUT2D eigenvalue weighted by molar-refractivity contribution is 6.20. The summed E-state index contributed by atoms with van der Waals surface area (Å²) in [5.74, 6) is -0.716. The van der Waals surface area contributed by atoms with Crippen LogP contribution in [-0.2, 0) is 27.2 Å². The van der Waals surface area contributed by atoms with Crippen LogP contribution in [0.15, 0.2) is 76.5 Å².